The molecule has 0 saturated heterocycles. The Morgan fingerprint density at radius 3 is 2.15 bits per heavy atom. The molecule has 0 fully saturated rings. The summed E-state index contributed by atoms with van der Waals surface area (Å²) < 4.78 is 0. The van der Waals surface area contributed by atoms with Crippen LogP contribution < -0.4 is 0 Å². The summed E-state index contributed by atoms with van der Waals surface area (Å²) in [5, 5.41) is 11.9. The molecular weight excluding hydrogens is 350 g/mol. The third kappa shape index (κ3) is 3.87. The van der Waals surface area contributed by atoms with Gasteiger partial charge in [-0.05, 0) is 51.5 Å². The number of benzene rings is 2. The minimum Gasteiger partial charge on any atom is -0.267 e. The molecule has 0 atom stereocenters. The van der Waals surface area contributed by atoms with Crippen LogP contribution in [0.1, 0.15) is 47.1 Å². The number of amides is 2. The largest absolute Gasteiger partial charge is 0.287 e. The quantitative estimate of drug-likeness (QED) is 0.447. The van der Waals surface area contributed by atoms with E-state index in [2.05, 4.69) is 0 Å². The minimum atomic E-state index is -0.811. The Bertz CT molecular complexity index is 867. The summed E-state index contributed by atoms with van der Waals surface area (Å²) in [6.45, 7) is 7.03. The molecule has 5 nitrogen and oxygen atoms in total. The van der Waals surface area contributed by atoms with Crippen molar-refractivity contribution in [2.24, 2.45) is 0 Å². The summed E-state index contributed by atoms with van der Waals surface area (Å²) in [6, 6.07) is 13.5. The van der Waals surface area contributed by atoms with Gasteiger partial charge < -0.3 is 0 Å². The number of hydrogen-bond donors (Lipinski definition) is 0. The molecule has 134 valence electrons. The van der Waals surface area contributed by atoms with E-state index >= 15 is 0 Å². The van der Waals surface area contributed by atoms with Crippen LogP contribution in [0.25, 0.3) is 0 Å². The average Bonchev–Trinajstić information content (AvgIpc) is 2.60. The van der Waals surface area contributed by atoms with Gasteiger partial charge in [0.2, 0.25) is 6.19 Å². The van der Waals surface area contributed by atoms with Gasteiger partial charge in [-0.25, -0.2) is 5.01 Å². The molecule has 0 bridgehead atoms. The minimum absolute atomic E-state index is 0.170. The molecule has 0 aliphatic rings. The van der Waals surface area contributed by atoms with Crippen molar-refractivity contribution in [3.05, 3.63) is 70.2 Å². The van der Waals surface area contributed by atoms with Crippen LogP contribution in [0, 0.1) is 18.4 Å². The number of aryl methyl sites for hydroxylation is 1. The van der Waals surface area contributed by atoms with Gasteiger partial charge in [-0.3, -0.25) is 9.59 Å². The molecule has 0 unspecified atom stereocenters. The van der Waals surface area contributed by atoms with Crippen LogP contribution in [-0.2, 0) is 0 Å². The first-order valence-electron chi connectivity index (χ1n) is 8.07. The Labute approximate surface area is 158 Å². The van der Waals surface area contributed by atoms with Crippen LogP contribution >= 0.6 is 11.6 Å². The van der Waals surface area contributed by atoms with Gasteiger partial charge in [0.1, 0.15) is 0 Å². The molecule has 0 heterocycles. The summed E-state index contributed by atoms with van der Waals surface area (Å²) in [5.41, 5.74) is 0.454. The van der Waals surface area contributed by atoms with E-state index in [1.807, 2.05) is 6.19 Å². The Morgan fingerprint density at radius 2 is 1.62 bits per heavy atom. The van der Waals surface area contributed by atoms with Gasteiger partial charge in [-0.15, -0.1) is 5.01 Å². The SMILES string of the molecule is Cc1cccc(C(=O)N(C#N)N(C(=O)c2ccccc2)C(C)(C)C)c1Cl. The lowest BCUT2D eigenvalue weighted by atomic mass is 10.1. The van der Waals surface area contributed by atoms with Gasteiger partial charge in [-0.1, -0.05) is 41.9 Å². The first kappa shape index (κ1) is 19.5. The van der Waals surface area contributed by atoms with E-state index in [0.29, 0.717) is 11.1 Å². The normalized spacial score (nSPS) is 10.8. The summed E-state index contributed by atoms with van der Waals surface area (Å²) in [7, 11) is 0. The van der Waals surface area contributed by atoms with Crippen molar-refractivity contribution in [1.82, 2.24) is 10.0 Å². The second-order valence-corrected chi connectivity index (χ2v) is 7.19. The molecule has 2 aromatic carbocycles. The molecule has 0 spiro atoms. The van der Waals surface area contributed by atoms with Gasteiger partial charge in [0, 0.05) is 5.56 Å². The third-order valence-electron chi connectivity index (χ3n) is 3.76. The van der Waals surface area contributed by atoms with Gasteiger partial charge in [0.15, 0.2) is 0 Å². The van der Waals surface area contributed by atoms with Crippen LogP contribution in [-0.4, -0.2) is 27.4 Å². The number of hydrazine groups is 1. The molecular formula is C20H20ClN3O2. The van der Waals surface area contributed by atoms with Crippen molar-refractivity contribution in [2.45, 2.75) is 33.2 Å². The Hall–Kier alpha value is -2.84. The smallest absolute Gasteiger partial charge is 0.267 e. The predicted molar refractivity (Wildman–Crippen MR) is 100 cm³/mol. The van der Waals surface area contributed by atoms with E-state index in [9.17, 15) is 14.9 Å². The lowest BCUT2D eigenvalue weighted by Gasteiger charge is -2.39. The second kappa shape index (κ2) is 7.59. The van der Waals surface area contributed by atoms with Crippen LogP contribution in [0.4, 0.5) is 0 Å². The van der Waals surface area contributed by atoms with Crippen LogP contribution in [0.15, 0.2) is 48.5 Å². The Kier molecular flexibility index (Phi) is 5.69. The molecule has 0 aromatic heterocycles. The zero-order valence-corrected chi connectivity index (χ0v) is 15.9. The Balaban J connectivity index is 2.52. The average molecular weight is 370 g/mol. The number of nitrogens with zero attached hydrogens (tertiary/aromatic N) is 3. The van der Waals surface area contributed by atoms with Crippen LogP contribution in [0.2, 0.25) is 5.02 Å². The van der Waals surface area contributed by atoms with Gasteiger partial charge in [0.05, 0.1) is 16.1 Å². The zero-order chi connectivity index (χ0) is 19.5. The molecule has 0 N–H and O–H groups in total. The standard InChI is InChI=1S/C20H20ClN3O2/c1-14-9-8-12-16(17(14)21)19(26)23(13-22)24(20(2,3)4)18(25)15-10-6-5-7-11-15/h5-12H,1-4H3. The number of hydrogen-bond acceptors (Lipinski definition) is 3. The van der Waals surface area contributed by atoms with Gasteiger partial charge in [0.25, 0.3) is 11.8 Å². The van der Waals surface area contributed by atoms with Crippen LogP contribution in [0.3, 0.4) is 0 Å². The molecule has 2 rings (SSSR count). The van der Waals surface area contributed by atoms with E-state index in [4.69, 9.17) is 11.6 Å². The first-order valence-corrected chi connectivity index (χ1v) is 8.45. The maximum atomic E-state index is 13.0. The highest BCUT2D eigenvalue weighted by Gasteiger charge is 2.37. The number of nitriles is 1. The highest BCUT2D eigenvalue weighted by atomic mass is 35.5. The van der Waals surface area contributed by atoms with Crippen molar-refractivity contribution in [2.75, 3.05) is 0 Å². The molecule has 26 heavy (non-hydrogen) atoms. The van der Waals surface area contributed by atoms with E-state index in [0.717, 1.165) is 10.0 Å². The maximum absolute atomic E-state index is 13.0. The van der Waals surface area contributed by atoms with Crippen molar-refractivity contribution < 1.29 is 9.59 Å². The van der Waals surface area contributed by atoms with Crippen molar-refractivity contribution in [3.63, 3.8) is 0 Å². The van der Waals surface area contributed by atoms with Crippen molar-refractivity contribution in [1.29, 1.82) is 5.26 Å². The number of halogens is 1. The topological polar surface area (TPSA) is 64.4 Å². The highest BCUT2D eigenvalue weighted by Crippen LogP contribution is 2.26. The molecule has 2 aromatic rings. The molecule has 0 saturated carbocycles. The third-order valence-corrected chi connectivity index (χ3v) is 4.26. The van der Waals surface area contributed by atoms with E-state index < -0.39 is 17.4 Å². The summed E-state index contributed by atoms with van der Waals surface area (Å²) >= 11 is 6.24. The van der Waals surface area contributed by atoms with Crippen molar-refractivity contribution in [3.8, 4) is 6.19 Å². The van der Waals surface area contributed by atoms with Gasteiger partial charge >= 0.3 is 0 Å². The molecule has 0 aliphatic carbocycles. The van der Waals surface area contributed by atoms with E-state index in [-0.39, 0.29) is 10.6 Å². The highest BCUT2D eigenvalue weighted by molar-refractivity contribution is 6.34. The van der Waals surface area contributed by atoms with Crippen LogP contribution in [0.5, 0.6) is 0 Å². The molecule has 0 radical (unpaired) electrons. The van der Waals surface area contributed by atoms with Gasteiger partial charge in [-0.2, -0.15) is 5.26 Å². The Morgan fingerprint density at radius 1 is 1.00 bits per heavy atom. The lowest BCUT2D eigenvalue weighted by Crippen LogP contribution is -2.56. The molecule has 6 heteroatoms. The number of rotatable bonds is 2. The zero-order valence-electron chi connectivity index (χ0n) is 15.2. The fourth-order valence-electron chi connectivity index (χ4n) is 2.51. The lowest BCUT2D eigenvalue weighted by molar-refractivity contribution is -0.0167. The fraction of sp³-hybridized carbons (Fsp3) is 0.250. The number of carbonyl (C=O) groups excluding carboxylic acids is 2. The fourth-order valence-corrected chi connectivity index (χ4v) is 2.71. The summed E-state index contributed by atoms with van der Waals surface area (Å²) in [6.07, 6.45) is 1.83. The van der Waals surface area contributed by atoms with Crippen molar-refractivity contribution >= 4 is 23.4 Å². The summed E-state index contributed by atoms with van der Waals surface area (Å²) in [5.74, 6) is -1.10. The molecule has 2 amide bonds. The molecule has 0 aliphatic heterocycles. The van der Waals surface area contributed by atoms with E-state index in [1.165, 1.54) is 6.07 Å². The second-order valence-electron chi connectivity index (χ2n) is 6.81. The summed E-state index contributed by atoms with van der Waals surface area (Å²) in [4.78, 5) is 26.0. The predicted octanol–water partition coefficient (Wildman–Crippen LogP) is 4.43. The monoisotopic (exact) mass is 369 g/mol. The van der Waals surface area contributed by atoms with E-state index in [1.54, 1.807) is 70.2 Å². The number of carbonyl (C=O) groups is 2. The maximum Gasteiger partial charge on any atom is 0.287 e. The first-order chi connectivity index (χ1) is 12.2.